The molecule has 0 spiro atoms. The number of para-hydroxylation sites is 1. The van der Waals surface area contributed by atoms with Gasteiger partial charge in [0.2, 0.25) is 5.91 Å². The van der Waals surface area contributed by atoms with Crippen molar-refractivity contribution in [2.75, 3.05) is 6.61 Å². The van der Waals surface area contributed by atoms with Gasteiger partial charge in [-0.1, -0.05) is 58.1 Å². The molecule has 6 nitrogen and oxygen atoms in total. The highest BCUT2D eigenvalue weighted by atomic mass is 32.1. The normalized spacial score (nSPS) is 10.1. The Morgan fingerprint density at radius 1 is 0.963 bits per heavy atom. The van der Waals surface area contributed by atoms with Crippen LogP contribution in [0.1, 0.15) is 75.6 Å². The highest BCUT2D eigenvalue weighted by molar-refractivity contribution is 7.80. The average Bonchev–Trinajstić information content (AvgIpc) is 2.66. The van der Waals surface area contributed by atoms with Crippen LogP contribution in [0.5, 0.6) is 5.75 Å². The third-order valence-corrected chi connectivity index (χ3v) is 4.14. The van der Waals surface area contributed by atoms with E-state index in [4.69, 9.17) is 17.0 Å². The smallest absolute Gasteiger partial charge is 0.261 e. The molecular formula is C20H31N3O3S. The Balaban J connectivity index is 2.44. The fraction of sp³-hybridized carbons (Fsp3) is 0.550. The van der Waals surface area contributed by atoms with Gasteiger partial charge in [0.05, 0.1) is 12.2 Å². The second-order valence-corrected chi connectivity index (χ2v) is 6.73. The van der Waals surface area contributed by atoms with Gasteiger partial charge in [0.15, 0.2) is 5.11 Å². The van der Waals surface area contributed by atoms with E-state index < -0.39 is 0 Å². The first-order chi connectivity index (χ1) is 13.1. The molecule has 7 heteroatoms. The van der Waals surface area contributed by atoms with E-state index in [1.165, 1.54) is 12.8 Å². The van der Waals surface area contributed by atoms with Crippen molar-refractivity contribution >= 4 is 29.1 Å². The molecule has 2 amide bonds. The highest BCUT2D eigenvalue weighted by Gasteiger charge is 2.13. The van der Waals surface area contributed by atoms with Crippen LogP contribution in [0.2, 0.25) is 0 Å². The summed E-state index contributed by atoms with van der Waals surface area (Å²) in [6.07, 6.45) is 7.70. The molecular weight excluding hydrogens is 362 g/mol. The van der Waals surface area contributed by atoms with E-state index in [0.717, 1.165) is 32.1 Å². The summed E-state index contributed by atoms with van der Waals surface area (Å²) in [4.78, 5) is 24.1. The minimum absolute atomic E-state index is 0.0431. The number of amides is 2. The topological polar surface area (TPSA) is 79.5 Å². The molecule has 0 heterocycles. The number of benzene rings is 1. The van der Waals surface area contributed by atoms with Crippen LogP contribution in [0.15, 0.2) is 24.3 Å². The Morgan fingerprint density at radius 2 is 1.67 bits per heavy atom. The number of thiocarbonyl (C=S) groups is 1. The van der Waals surface area contributed by atoms with E-state index in [2.05, 4.69) is 30.0 Å². The van der Waals surface area contributed by atoms with Gasteiger partial charge >= 0.3 is 0 Å². The number of hydrogen-bond donors (Lipinski definition) is 3. The first-order valence-corrected chi connectivity index (χ1v) is 10.1. The lowest BCUT2D eigenvalue weighted by atomic mass is 10.2. The number of nitrogens with one attached hydrogen (secondary N) is 3. The summed E-state index contributed by atoms with van der Waals surface area (Å²) in [6.45, 7) is 4.80. The maximum atomic E-state index is 12.4. The SMILES string of the molecule is CCCCCCOc1ccccc1C(=O)NC(=S)NNC(=O)CCCCC. The van der Waals surface area contributed by atoms with Crippen molar-refractivity contribution in [1.82, 2.24) is 16.2 Å². The van der Waals surface area contributed by atoms with Crippen LogP contribution in [0.4, 0.5) is 0 Å². The van der Waals surface area contributed by atoms with E-state index in [1.54, 1.807) is 18.2 Å². The van der Waals surface area contributed by atoms with Crippen LogP contribution in [0.3, 0.4) is 0 Å². The zero-order chi connectivity index (χ0) is 19.9. The van der Waals surface area contributed by atoms with E-state index in [0.29, 0.717) is 24.3 Å². The highest BCUT2D eigenvalue weighted by Crippen LogP contribution is 2.18. The second-order valence-electron chi connectivity index (χ2n) is 6.32. The second kappa shape index (κ2) is 14.0. The van der Waals surface area contributed by atoms with Gasteiger partial charge in [-0.15, -0.1) is 0 Å². The summed E-state index contributed by atoms with van der Waals surface area (Å²) >= 11 is 5.06. The van der Waals surface area contributed by atoms with Crippen molar-refractivity contribution in [3.05, 3.63) is 29.8 Å². The van der Waals surface area contributed by atoms with E-state index >= 15 is 0 Å². The minimum atomic E-state index is -0.378. The zero-order valence-electron chi connectivity index (χ0n) is 16.3. The molecule has 3 N–H and O–H groups in total. The zero-order valence-corrected chi connectivity index (χ0v) is 17.1. The van der Waals surface area contributed by atoms with Crippen LogP contribution < -0.4 is 20.9 Å². The summed E-state index contributed by atoms with van der Waals surface area (Å²) in [5.41, 5.74) is 5.45. The number of hydrazine groups is 1. The van der Waals surface area contributed by atoms with Crippen molar-refractivity contribution < 1.29 is 14.3 Å². The monoisotopic (exact) mass is 393 g/mol. The molecule has 0 fully saturated rings. The van der Waals surface area contributed by atoms with Gasteiger partial charge in [-0.3, -0.25) is 25.8 Å². The van der Waals surface area contributed by atoms with Crippen molar-refractivity contribution in [1.29, 1.82) is 0 Å². The molecule has 0 saturated heterocycles. The summed E-state index contributed by atoms with van der Waals surface area (Å²) in [5, 5.41) is 2.60. The number of carbonyl (C=O) groups excluding carboxylic acids is 2. The van der Waals surface area contributed by atoms with Gasteiger partial charge < -0.3 is 4.74 Å². The predicted octanol–water partition coefficient (Wildman–Crippen LogP) is 3.86. The van der Waals surface area contributed by atoms with Crippen LogP contribution in [-0.2, 0) is 4.79 Å². The molecule has 1 aromatic rings. The lowest BCUT2D eigenvalue weighted by molar-refractivity contribution is -0.121. The van der Waals surface area contributed by atoms with Crippen LogP contribution in [-0.4, -0.2) is 23.5 Å². The molecule has 150 valence electrons. The fourth-order valence-corrected chi connectivity index (χ4v) is 2.56. The maximum Gasteiger partial charge on any atom is 0.261 e. The lowest BCUT2D eigenvalue weighted by Gasteiger charge is -2.13. The van der Waals surface area contributed by atoms with Gasteiger partial charge in [-0.2, -0.15) is 0 Å². The Labute approximate surface area is 167 Å². The lowest BCUT2D eigenvalue weighted by Crippen LogP contribution is -2.48. The van der Waals surface area contributed by atoms with Crippen LogP contribution >= 0.6 is 12.2 Å². The molecule has 0 bridgehead atoms. The maximum absolute atomic E-state index is 12.4. The third-order valence-electron chi connectivity index (χ3n) is 3.94. The van der Waals surface area contributed by atoms with Gasteiger partial charge in [0, 0.05) is 6.42 Å². The number of ether oxygens (including phenoxy) is 1. The Morgan fingerprint density at radius 3 is 2.41 bits per heavy atom. The largest absolute Gasteiger partial charge is 0.493 e. The first kappa shape index (κ1) is 22.9. The Hall–Kier alpha value is -2.15. The van der Waals surface area contributed by atoms with Crippen LogP contribution in [0, 0.1) is 0 Å². The van der Waals surface area contributed by atoms with Crippen molar-refractivity contribution in [3.63, 3.8) is 0 Å². The van der Waals surface area contributed by atoms with Crippen molar-refractivity contribution in [2.24, 2.45) is 0 Å². The molecule has 0 aromatic heterocycles. The number of unbranched alkanes of at least 4 members (excludes halogenated alkanes) is 5. The molecule has 0 aliphatic heterocycles. The van der Waals surface area contributed by atoms with Gasteiger partial charge in [0.25, 0.3) is 5.91 Å². The van der Waals surface area contributed by atoms with Crippen LogP contribution in [0.25, 0.3) is 0 Å². The quantitative estimate of drug-likeness (QED) is 0.302. The summed E-state index contributed by atoms with van der Waals surface area (Å²) in [6, 6.07) is 7.04. The molecule has 27 heavy (non-hydrogen) atoms. The van der Waals surface area contributed by atoms with E-state index in [-0.39, 0.29) is 16.9 Å². The fourth-order valence-electron chi connectivity index (χ4n) is 2.42. The molecule has 1 aromatic carbocycles. The molecule has 0 aliphatic carbocycles. The summed E-state index contributed by atoms with van der Waals surface area (Å²) in [7, 11) is 0. The molecule has 1 rings (SSSR count). The minimum Gasteiger partial charge on any atom is -0.493 e. The Bertz CT molecular complexity index is 608. The van der Waals surface area contributed by atoms with Crippen molar-refractivity contribution in [3.8, 4) is 5.75 Å². The number of rotatable bonds is 11. The molecule has 0 unspecified atom stereocenters. The molecule has 0 saturated carbocycles. The van der Waals surface area contributed by atoms with Crippen molar-refractivity contribution in [2.45, 2.75) is 65.2 Å². The third kappa shape index (κ3) is 9.94. The molecule has 0 atom stereocenters. The molecule has 0 radical (unpaired) electrons. The van der Waals surface area contributed by atoms with Gasteiger partial charge in [-0.05, 0) is 37.2 Å². The Kier molecular flexibility index (Phi) is 11.8. The van der Waals surface area contributed by atoms with Gasteiger partial charge in [0.1, 0.15) is 5.75 Å². The summed E-state index contributed by atoms with van der Waals surface area (Å²) in [5.74, 6) is -0.00866. The number of carbonyl (C=O) groups is 2. The molecule has 0 aliphatic rings. The average molecular weight is 394 g/mol. The summed E-state index contributed by atoms with van der Waals surface area (Å²) < 4.78 is 5.75. The van der Waals surface area contributed by atoms with E-state index in [9.17, 15) is 9.59 Å². The number of hydrogen-bond acceptors (Lipinski definition) is 4. The predicted molar refractivity (Wildman–Crippen MR) is 112 cm³/mol. The van der Waals surface area contributed by atoms with E-state index in [1.807, 2.05) is 6.07 Å². The van der Waals surface area contributed by atoms with Gasteiger partial charge in [-0.25, -0.2) is 0 Å². The standard InChI is InChI=1S/C20H31N3O3S/c1-3-5-7-11-15-26-17-13-10-9-12-16(17)19(25)21-20(27)23-22-18(24)14-8-6-4-2/h9-10,12-13H,3-8,11,14-15H2,1-2H3,(H,22,24)(H2,21,23,25,27). The first-order valence-electron chi connectivity index (χ1n) is 9.70.